The zero-order chi connectivity index (χ0) is 15.3. The Morgan fingerprint density at radius 1 is 1.20 bits per heavy atom. The number of carbonyl (C=O) groups excluding carboxylic acids is 1. The molecule has 0 saturated heterocycles. The van der Waals surface area contributed by atoms with E-state index in [9.17, 15) is 9.59 Å². The van der Waals surface area contributed by atoms with Gasteiger partial charge in [0.15, 0.2) is 0 Å². The average Bonchev–Trinajstić information content (AvgIpc) is 2.35. The number of urea groups is 1. The van der Waals surface area contributed by atoms with Crippen molar-refractivity contribution in [1.29, 1.82) is 0 Å². The molecular weight excluding hydrogens is 276 g/mol. The lowest BCUT2D eigenvalue weighted by Gasteiger charge is -2.27. The first kappa shape index (κ1) is 16.4. The quantitative estimate of drug-likeness (QED) is 0.746. The third-order valence-electron chi connectivity index (χ3n) is 2.74. The Morgan fingerprint density at radius 3 is 2.15 bits per heavy atom. The fourth-order valence-corrected chi connectivity index (χ4v) is 2.03. The summed E-state index contributed by atoms with van der Waals surface area (Å²) < 4.78 is 0. The van der Waals surface area contributed by atoms with Crippen LogP contribution in [-0.4, -0.2) is 29.4 Å². The molecular formula is C14H20N2O3S. The van der Waals surface area contributed by atoms with E-state index in [2.05, 4.69) is 10.6 Å². The Balaban J connectivity index is 2.68. The second kappa shape index (κ2) is 6.65. The average molecular weight is 296 g/mol. The number of benzene rings is 1. The van der Waals surface area contributed by atoms with Crippen LogP contribution in [-0.2, 0) is 4.79 Å². The molecule has 5 nitrogen and oxygen atoms in total. The van der Waals surface area contributed by atoms with Crippen molar-refractivity contribution in [3.8, 4) is 0 Å². The van der Waals surface area contributed by atoms with Gasteiger partial charge in [0.25, 0.3) is 0 Å². The van der Waals surface area contributed by atoms with E-state index in [4.69, 9.17) is 5.11 Å². The highest BCUT2D eigenvalue weighted by molar-refractivity contribution is 7.98. The molecule has 0 fully saturated rings. The predicted molar refractivity (Wildman–Crippen MR) is 81.3 cm³/mol. The van der Waals surface area contributed by atoms with Gasteiger partial charge in [0.1, 0.15) is 6.04 Å². The highest BCUT2D eigenvalue weighted by atomic mass is 32.2. The second-order valence-corrected chi connectivity index (χ2v) is 6.34. The molecule has 1 aromatic rings. The van der Waals surface area contributed by atoms with Crippen molar-refractivity contribution in [3.05, 3.63) is 24.3 Å². The molecule has 0 aliphatic heterocycles. The van der Waals surface area contributed by atoms with Gasteiger partial charge in [0.05, 0.1) is 0 Å². The SMILES string of the molecule is CSc1ccc(NC(=O)NC(C(=O)O)C(C)(C)C)cc1. The lowest BCUT2D eigenvalue weighted by Crippen LogP contribution is -2.50. The van der Waals surface area contributed by atoms with Crippen molar-refractivity contribution >= 4 is 29.4 Å². The topological polar surface area (TPSA) is 78.4 Å². The number of amides is 2. The summed E-state index contributed by atoms with van der Waals surface area (Å²) in [6.07, 6.45) is 1.97. The minimum atomic E-state index is -1.05. The molecule has 110 valence electrons. The molecule has 1 unspecified atom stereocenters. The van der Waals surface area contributed by atoms with Crippen molar-refractivity contribution in [2.24, 2.45) is 5.41 Å². The van der Waals surface area contributed by atoms with Crippen LogP contribution in [0.1, 0.15) is 20.8 Å². The van der Waals surface area contributed by atoms with Crippen LogP contribution in [0.4, 0.5) is 10.5 Å². The van der Waals surface area contributed by atoms with Gasteiger partial charge in [0, 0.05) is 10.6 Å². The van der Waals surface area contributed by atoms with Crippen LogP contribution in [0.2, 0.25) is 0 Å². The molecule has 3 N–H and O–H groups in total. The van der Waals surface area contributed by atoms with Crippen LogP contribution in [0.3, 0.4) is 0 Å². The summed E-state index contributed by atoms with van der Waals surface area (Å²) in [6, 6.07) is 5.85. The van der Waals surface area contributed by atoms with E-state index in [0.717, 1.165) is 4.90 Å². The van der Waals surface area contributed by atoms with Crippen molar-refractivity contribution in [3.63, 3.8) is 0 Å². The van der Waals surface area contributed by atoms with Crippen molar-refractivity contribution in [2.45, 2.75) is 31.7 Å². The number of carboxylic acids is 1. The number of hydrogen-bond acceptors (Lipinski definition) is 3. The largest absolute Gasteiger partial charge is 0.480 e. The van der Waals surface area contributed by atoms with Crippen LogP contribution in [0, 0.1) is 5.41 Å². The lowest BCUT2D eigenvalue weighted by molar-refractivity contribution is -0.141. The summed E-state index contributed by atoms with van der Waals surface area (Å²) in [5.74, 6) is -1.05. The monoisotopic (exact) mass is 296 g/mol. The van der Waals surface area contributed by atoms with Crippen LogP contribution in [0.25, 0.3) is 0 Å². The van der Waals surface area contributed by atoms with Gasteiger partial charge < -0.3 is 15.7 Å². The smallest absolute Gasteiger partial charge is 0.326 e. The van der Waals surface area contributed by atoms with E-state index in [0.29, 0.717) is 5.69 Å². The summed E-state index contributed by atoms with van der Waals surface area (Å²) in [6.45, 7) is 5.29. The Bertz CT molecular complexity index is 480. The van der Waals surface area contributed by atoms with Crippen molar-refractivity contribution in [2.75, 3.05) is 11.6 Å². The first-order valence-electron chi connectivity index (χ1n) is 6.18. The summed E-state index contributed by atoms with van der Waals surface area (Å²) in [5, 5.41) is 14.3. The second-order valence-electron chi connectivity index (χ2n) is 5.46. The van der Waals surface area contributed by atoms with Gasteiger partial charge in [-0.2, -0.15) is 0 Å². The number of anilines is 1. The summed E-state index contributed by atoms with van der Waals surface area (Å²) in [4.78, 5) is 24.1. The van der Waals surface area contributed by atoms with E-state index in [-0.39, 0.29) is 0 Å². The highest BCUT2D eigenvalue weighted by Gasteiger charge is 2.32. The fraction of sp³-hybridized carbons (Fsp3) is 0.429. The van der Waals surface area contributed by atoms with E-state index < -0.39 is 23.5 Å². The maximum Gasteiger partial charge on any atom is 0.326 e. The maximum absolute atomic E-state index is 11.8. The van der Waals surface area contributed by atoms with E-state index in [1.807, 2.05) is 18.4 Å². The van der Waals surface area contributed by atoms with Gasteiger partial charge >= 0.3 is 12.0 Å². The minimum Gasteiger partial charge on any atom is -0.480 e. The molecule has 1 aromatic carbocycles. The van der Waals surface area contributed by atoms with Crippen LogP contribution < -0.4 is 10.6 Å². The third-order valence-corrected chi connectivity index (χ3v) is 3.48. The number of carbonyl (C=O) groups is 2. The first-order valence-corrected chi connectivity index (χ1v) is 7.41. The predicted octanol–water partition coefficient (Wildman–Crippen LogP) is 3.03. The van der Waals surface area contributed by atoms with Gasteiger partial charge in [-0.05, 0) is 35.9 Å². The Hall–Kier alpha value is -1.69. The Kier molecular flexibility index (Phi) is 5.44. The molecule has 0 aliphatic rings. The number of thioether (sulfide) groups is 1. The molecule has 0 heterocycles. The van der Waals surface area contributed by atoms with Crippen molar-refractivity contribution < 1.29 is 14.7 Å². The van der Waals surface area contributed by atoms with E-state index >= 15 is 0 Å². The summed E-state index contributed by atoms with van der Waals surface area (Å²) in [7, 11) is 0. The van der Waals surface area contributed by atoms with Crippen LogP contribution in [0.15, 0.2) is 29.2 Å². The molecule has 0 radical (unpaired) electrons. The number of hydrogen-bond donors (Lipinski definition) is 3. The molecule has 0 spiro atoms. The number of carboxylic acid groups (broad SMARTS) is 1. The molecule has 1 atom stereocenters. The zero-order valence-corrected chi connectivity index (χ0v) is 12.9. The minimum absolute atomic E-state index is 0.524. The number of nitrogens with one attached hydrogen (secondary N) is 2. The van der Waals surface area contributed by atoms with Gasteiger partial charge in [-0.25, -0.2) is 9.59 Å². The number of aliphatic carboxylic acids is 1. The summed E-state index contributed by atoms with van der Waals surface area (Å²) >= 11 is 1.61. The highest BCUT2D eigenvalue weighted by Crippen LogP contribution is 2.20. The van der Waals surface area contributed by atoms with Crippen molar-refractivity contribution in [1.82, 2.24) is 5.32 Å². The Labute approximate surface area is 123 Å². The molecule has 0 bridgehead atoms. The first-order chi connectivity index (χ1) is 9.24. The van der Waals surface area contributed by atoms with Gasteiger partial charge in [0.2, 0.25) is 0 Å². The fourth-order valence-electron chi connectivity index (χ4n) is 1.62. The molecule has 6 heteroatoms. The van der Waals surface area contributed by atoms with Gasteiger partial charge in [-0.15, -0.1) is 11.8 Å². The molecule has 0 saturated carbocycles. The Morgan fingerprint density at radius 2 is 1.75 bits per heavy atom. The molecule has 2 amide bonds. The maximum atomic E-state index is 11.8. The number of rotatable bonds is 4. The van der Waals surface area contributed by atoms with E-state index in [1.165, 1.54) is 0 Å². The zero-order valence-electron chi connectivity index (χ0n) is 12.1. The molecule has 1 rings (SSSR count). The van der Waals surface area contributed by atoms with Crippen LogP contribution >= 0.6 is 11.8 Å². The van der Waals surface area contributed by atoms with Gasteiger partial charge in [-0.3, -0.25) is 0 Å². The normalized spacial score (nSPS) is 12.6. The lowest BCUT2D eigenvalue weighted by atomic mass is 9.87. The summed E-state index contributed by atoms with van der Waals surface area (Å²) in [5.41, 5.74) is 0.0599. The molecule has 0 aromatic heterocycles. The standard InChI is InChI=1S/C14H20N2O3S/c1-14(2,3)11(12(17)18)16-13(19)15-9-5-7-10(20-4)8-6-9/h5-8,11H,1-4H3,(H,17,18)(H2,15,16,19). The van der Waals surface area contributed by atoms with Gasteiger partial charge in [-0.1, -0.05) is 20.8 Å². The van der Waals surface area contributed by atoms with E-state index in [1.54, 1.807) is 44.7 Å². The van der Waals surface area contributed by atoms with Crippen LogP contribution in [0.5, 0.6) is 0 Å². The molecule has 0 aliphatic carbocycles. The third kappa shape index (κ3) is 4.77. The molecule has 20 heavy (non-hydrogen) atoms.